The Bertz CT molecular complexity index is 1260. The minimum absolute atomic E-state index is 0.142. The van der Waals surface area contributed by atoms with Crippen LogP contribution in [-0.4, -0.2) is 19.8 Å². The highest BCUT2D eigenvalue weighted by atomic mass is 16.5. The lowest BCUT2D eigenvalue weighted by Gasteiger charge is -2.37. The van der Waals surface area contributed by atoms with E-state index < -0.39 is 0 Å². The van der Waals surface area contributed by atoms with E-state index in [-0.39, 0.29) is 5.41 Å². The summed E-state index contributed by atoms with van der Waals surface area (Å²) in [5.74, 6) is 4.47. The molecule has 3 heteroatoms. The van der Waals surface area contributed by atoms with Gasteiger partial charge in [-0.25, -0.2) is 0 Å². The molecule has 3 aromatic carbocycles. The fourth-order valence-electron chi connectivity index (χ4n) is 6.30. The minimum atomic E-state index is 0.142. The minimum Gasteiger partial charge on any atom is -0.493 e. The van der Waals surface area contributed by atoms with E-state index in [2.05, 4.69) is 83.1 Å². The largest absolute Gasteiger partial charge is 0.493 e. The molecule has 0 N–H and O–H groups in total. The van der Waals surface area contributed by atoms with E-state index >= 15 is 0 Å². The van der Waals surface area contributed by atoms with Crippen LogP contribution in [0.2, 0.25) is 0 Å². The molecule has 1 saturated carbocycles. The third kappa shape index (κ3) is 4.04. The van der Waals surface area contributed by atoms with Gasteiger partial charge < -0.3 is 14.2 Å². The van der Waals surface area contributed by atoms with Crippen molar-refractivity contribution in [2.75, 3.05) is 19.8 Å². The van der Waals surface area contributed by atoms with Gasteiger partial charge in [0.25, 0.3) is 0 Å². The van der Waals surface area contributed by atoms with Crippen molar-refractivity contribution in [3.63, 3.8) is 0 Å². The number of aryl methyl sites for hydroxylation is 2. The first kappa shape index (κ1) is 22.7. The summed E-state index contributed by atoms with van der Waals surface area (Å²) < 4.78 is 17.8. The molecule has 3 nitrogen and oxygen atoms in total. The van der Waals surface area contributed by atoms with Gasteiger partial charge in [-0.15, -0.1) is 0 Å². The highest BCUT2D eigenvalue weighted by Crippen LogP contribution is 2.61. The van der Waals surface area contributed by atoms with Crippen LogP contribution >= 0.6 is 0 Å². The van der Waals surface area contributed by atoms with Crippen LogP contribution in [0.25, 0.3) is 11.1 Å². The van der Waals surface area contributed by atoms with Crippen LogP contribution in [0.1, 0.15) is 53.1 Å². The maximum absolute atomic E-state index is 6.30. The van der Waals surface area contributed by atoms with E-state index in [1.165, 1.54) is 45.4 Å². The molecular formula is C32H36O3. The Morgan fingerprint density at radius 3 is 2.43 bits per heavy atom. The molecule has 3 aromatic rings. The maximum Gasteiger partial charge on any atom is 0.120 e. The molecule has 2 aliphatic carbocycles. The van der Waals surface area contributed by atoms with Crippen LogP contribution in [0, 0.1) is 38.0 Å². The molecule has 35 heavy (non-hydrogen) atoms. The average molecular weight is 469 g/mol. The SMILES string of the molecule is Cc1cc(OCC2(C)COC2)cc(C)c1-c1cccc(COc2ccc3c(c2)CC2C(C)C32)c1C. The van der Waals surface area contributed by atoms with Crippen molar-refractivity contribution in [1.29, 1.82) is 0 Å². The van der Waals surface area contributed by atoms with Gasteiger partial charge in [-0.2, -0.15) is 0 Å². The molecule has 3 atom stereocenters. The summed E-state index contributed by atoms with van der Waals surface area (Å²) in [5.41, 5.74) is 10.7. The van der Waals surface area contributed by atoms with E-state index in [1.807, 2.05) is 0 Å². The van der Waals surface area contributed by atoms with E-state index in [0.717, 1.165) is 42.5 Å². The van der Waals surface area contributed by atoms with Gasteiger partial charge in [-0.1, -0.05) is 38.1 Å². The maximum atomic E-state index is 6.30. The predicted octanol–water partition coefficient (Wildman–Crippen LogP) is 7.18. The number of benzene rings is 3. The van der Waals surface area contributed by atoms with Crippen molar-refractivity contribution in [3.8, 4) is 22.6 Å². The summed E-state index contributed by atoms with van der Waals surface area (Å²) in [6.45, 7) is 14.0. The third-order valence-corrected chi connectivity index (χ3v) is 8.60. The summed E-state index contributed by atoms with van der Waals surface area (Å²) in [6.07, 6.45) is 1.22. The number of hydrogen-bond acceptors (Lipinski definition) is 3. The highest BCUT2D eigenvalue weighted by Gasteiger charge is 2.52. The van der Waals surface area contributed by atoms with Crippen molar-refractivity contribution in [1.82, 2.24) is 0 Å². The predicted molar refractivity (Wildman–Crippen MR) is 140 cm³/mol. The number of fused-ring (bicyclic) bond motifs is 3. The molecule has 1 aliphatic heterocycles. The smallest absolute Gasteiger partial charge is 0.120 e. The normalized spacial score (nSPS) is 23.3. The molecule has 3 aliphatic rings. The molecule has 1 heterocycles. The van der Waals surface area contributed by atoms with Crippen LogP contribution < -0.4 is 9.47 Å². The standard InChI is InChI=1S/C32H36O3/c1-19-11-26(35-18-32(5)16-33-17-32)12-20(2)30(19)27-8-6-7-23(21(27)3)15-34-25-9-10-28-24(13-25)14-29-22(4)31(28)29/h6-13,22,29,31H,14-18H2,1-5H3. The van der Waals surface area contributed by atoms with Gasteiger partial charge in [-0.3, -0.25) is 0 Å². The van der Waals surface area contributed by atoms with Gasteiger partial charge in [0.05, 0.1) is 19.8 Å². The van der Waals surface area contributed by atoms with Gasteiger partial charge >= 0.3 is 0 Å². The van der Waals surface area contributed by atoms with E-state index in [1.54, 1.807) is 5.56 Å². The Balaban J connectivity index is 1.19. The molecule has 2 fully saturated rings. The van der Waals surface area contributed by atoms with Gasteiger partial charge in [0.15, 0.2) is 0 Å². The average Bonchev–Trinajstić information content (AvgIpc) is 3.26. The summed E-state index contributed by atoms with van der Waals surface area (Å²) >= 11 is 0. The lowest BCUT2D eigenvalue weighted by atomic mass is 9.89. The Morgan fingerprint density at radius 1 is 0.943 bits per heavy atom. The van der Waals surface area contributed by atoms with Gasteiger partial charge in [0.1, 0.15) is 18.1 Å². The Labute approximate surface area is 209 Å². The highest BCUT2D eigenvalue weighted by molar-refractivity contribution is 5.75. The molecule has 1 saturated heterocycles. The Morgan fingerprint density at radius 2 is 1.71 bits per heavy atom. The first-order valence-corrected chi connectivity index (χ1v) is 13.0. The number of ether oxygens (including phenoxy) is 3. The lowest BCUT2D eigenvalue weighted by Crippen LogP contribution is -2.44. The monoisotopic (exact) mass is 468 g/mol. The van der Waals surface area contributed by atoms with E-state index in [9.17, 15) is 0 Å². The number of rotatable bonds is 7. The Kier molecular flexibility index (Phi) is 5.45. The molecule has 0 aromatic heterocycles. The Hall–Kier alpha value is -2.78. The molecular weight excluding hydrogens is 432 g/mol. The second-order valence-electron chi connectivity index (χ2n) is 11.5. The summed E-state index contributed by atoms with van der Waals surface area (Å²) in [6, 6.07) is 17.6. The number of hydrogen-bond donors (Lipinski definition) is 0. The van der Waals surface area contributed by atoms with Gasteiger partial charge in [0, 0.05) is 5.41 Å². The van der Waals surface area contributed by atoms with E-state index in [0.29, 0.717) is 13.2 Å². The van der Waals surface area contributed by atoms with Crippen molar-refractivity contribution in [2.24, 2.45) is 17.3 Å². The van der Waals surface area contributed by atoms with Crippen LogP contribution in [0.4, 0.5) is 0 Å². The quantitative estimate of drug-likeness (QED) is 0.368. The summed E-state index contributed by atoms with van der Waals surface area (Å²) in [4.78, 5) is 0. The van der Waals surface area contributed by atoms with Crippen molar-refractivity contribution < 1.29 is 14.2 Å². The molecule has 0 spiro atoms. The fourth-order valence-corrected chi connectivity index (χ4v) is 6.30. The second kappa shape index (κ2) is 8.41. The van der Waals surface area contributed by atoms with Crippen molar-refractivity contribution in [3.05, 3.63) is 81.9 Å². The van der Waals surface area contributed by atoms with Crippen LogP contribution in [0.5, 0.6) is 11.5 Å². The summed E-state index contributed by atoms with van der Waals surface area (Å²) in [5, 5.41) is 0. The van der Waals surface area contributed by atoms with Crippen molar-refractivity contribution in [2.45, 2.75) is 53.6 Å². The topological polar surface area (TPSA) is 27.7 Å². The molecule has 0 radical (unpaired) electrons. The first-order chi connectivity index (χ1) is 16.8. The molecule has 0 amide bonds. The molecule has 6 rings (SSSR count). The zero-order valence-corrected chi connectivity index (χ0v) is 21.6. The van der Waals surface area contributed by atoms with Gasteiger partial charge in [-0.05, 0) is 114 Å². The van der Waals surface area contributed by atoms with Crippen molar-refractivity contribution >= 4 is 0 Å². The third-order valence-electron chi connectivity index (χ3n) is 8.60. The van der Waals surface area contributed by atoms with E-state index in [4.69, 9.17) is 14.2 Å². The van der Waals surface area contributed by atoms with Crippen LogP contribution in [0.3, 0.4) is 0 Å². The van der Waals surface area contributed by atoms with Crippen LogP contribution in [-0.2, 0) is 17.8 Å². The zero-order valence-electron chi connectivity index (χ0n) is 21.6. The summed E-state index contributed by atoms with van der Waals surface area (Å²) in [7, 11) is 0. The lowest BCUT2D eigenvalue weighted by molar-refractivity contribution is -0.120. The first-order valence-electron chi connectivity index (χ1n) is 13.0. The molecule has 0 bridgehead atoms. The molecule has 3 unspecified atom stereocenters. The zero-order chi connectivity index (χ0) is 24.3. The van der Waals surface area contributed by atoms with Crippen LogP contribution in [0.15, 0.2) is 48.5 Å². The second-order valence-corrected chi connectivity index (χ2v) is 11.5. The fraction of sp³-hybridized carbons (Fsp3) is 0.438. The molecule has 182 valence electrons. The van der Waals surface area contributed by atoms with Gasteiger partial charge in [0.2, 0.25) is 0 Å².